The van der Waals surface area contributed by atoms with Crippen LogP contribution in [0.1, 0.15) is 32.6 Å². The van der Waals surface area contributed by atoms with Crippen LogP contribution in [0.5, 0.6) is 0 Å². The van der Waals surface area contributed by atoms with E-state index in [1.165, 1.54) is 0 Å². The van der Waals surface area contributed by atoms with E-state index in [2.05, 4.69) is 5.32 Å². The number of carbonyl (C=O) groups is 2. The molecule has 86 valence electrons. The number of carboxylic acid groups (broad SMARTS) is 1. The van der Waals surface area contributed by atoms with E-state index in [4.69, 9.17) is 5.11 Å². The van der Waals surface area contributed by atoms with Crippen molar-refractivity contribution >= 4 is 12.0 Å². The Bertz CT molecular complexity index is 251. The molecule has 0 aromatic heterocycles. The third kappa shape index (κ3) is 2.84. The maximum atomic E-state index is 11.6. The van der Waals surface area contributed by atoms with E-state index >= 15 is 0 Å². The van der Waals surface area contributed by atoms with Crippen molar-refractivity contribution in [1.82, 2.24) is 10.2 Å². The smallest absolute Gasteiger partial charge is 0.326 e. The second-order valence-electron chi connectivity index (χ2n) is 3.94. The van der Waals surface area contributed by atoms with E-state index in [0.717, 1.165) is 19.3 Å². The number of carboxylic acids is 1. The van der Waals surface area contributed by atoms with Crippen LogP contribution in [0.4, 0.5) is 4.79 Å². The number of nitrogens with one attached hydrogen (secondary N) is 1. The molecule has 0 unspecified atom stereocenters. The zero-order valence-electron chi connectivity index (χ0n) is 9.19. The fourth-order valence-electron chi connectivity index (χ4n) is 1.53. The van der Waals surface area contributed by atoms with Crippen molar-refractivity contribution in [2.24, 2.45) is 0 Å². The van der Waals surface area contributed by atoms with Gasteiger partial charge in [0.05, 0.1) is 0 Å². The van der Waals surface area contributed by atoms with Gasteiger partial charge in [0.2, 0.25) is 0 Å². The van der Waals surface area contributed by atoms with Gasteiger partial charge in [0.1, 0.15) is 6.04 Å². The van der Waals surface area contributed by atoms with Crippen molar-refractivity contribution in [2.75, 3.05) is 7.05 Å². The quantitative estimate of drug-likeness (QED) is 0.734. The number of hydrogen-bond acceptors (Lipinski definition) is 2. The molecule has 5 nitrogen and oxygen atoms in total. The molecule has 2 N–H and O–H groups in total. The highest BCUT2D eigenvalue weighted by atomic mass is 16.4. The number of rotatable bonds is 4. The van der Waals surface area contributed by atoms with Gasteiger partial charge in [-0.1, -0.05) is 6.92 Å². The molecule has 1 saturated carbocycles. The summed E-state index contributed by atoms with van der Waals surface area (Å²) in [7, 11) is 1.72. The number of amides is 2. The van der Waals surface area contributed by atoms with E-state index in [1.807, 2.05) is 0 Å². The number of hydrogen-bond donors (Lipinski definition) is 2. The third-order valence-electron chi connectivity index (χ3n) is 2.95. The Balaban J connectivity index is 2.42. The Morgan fingerprint density at radius 3 is 2.47 bits per heavy atom. The molecule has 1 rings (SSSR count). The van der Waals surface area contributed by atoms with E-state index < -0.39 is 12.0 Å². The van der Waals surface area contributed by atoms with Gasteiger partial charge in [-0.05, 0) is 25.7 Å². The van der Waals surface area contributed by atoms with E-state index in [1.54, 1.807) is 18.9 Å². The van der Waals surface area contributed by atoms with Crippen molar-refractivity contribution in [3.63, 3.8) is 0 Å². The van der Waals surface area contributed by atoms with Gasteiger partial charge in [-0.3, -0.25) is 0 Å². The summed E-state index contributed by atoms with van der Waals surface area (Å²) < 4.78 is 0. The van der Waals surface area contributed by atoms with Crippen molar-refractivity contribution in [1.29, 1.82) is 0 Å². The average molecular weight is 214 g/mol. The van der Waals surface area contributed by atoms with Crippen molar-refractivity contribution in [2.45, 2.75) is 44.7 Å². The van der Waals surface area contributed by atoms with Crippen molar-refractivity contribution < 1.29 is 14.7 Å². The van der Waals surface area contributed by atoms with Crippen LogP contribution in [0.2, 0.25) is 0 Å². The SMILES string of the molecule is CC[C@H](NC(=O)N(C)C1CCC1)C(=O)O. The Hall–Kier alpha value is -1.26. The summed E-state index contributed by atoms with van der Waals surface area (Å²) in [6.07, 6.45) is 3.60. The predicted molar refractivity (Wildman–Crippen MR) is 55.6 cm³/mol. The Morgan fingerprint density at radius 2 is 2.13 bits per heavy atom. The van der Waals surface area contributed by atoms with E-state index in [0.29, 0.717) is 6.42 Å². The molecule has 1 atom stereocenters. The molecule has 0 saturated heterocycles. The zero-order chi connectivity index (χ0) is 11.4. The fraction of sp³-hybridized carbons (Fsp3) is 0.800. The number of nitrogens with zero attached hydrogens (tertiary/aromatic N) is 1. The maximum absolute atomic E-state index is 11.6. The molecule has 0 spiro atoms. The molecule has 1 fully saturated rings. The van der Waals surface area contributed by atoms with E-state index in [-0.39, 0.29) is 12.1 Å². The Labute approximate surface area is 89.4 Å². The number of aliphatic carboxylic acids is 1. The Morgan fingerprint density at radius 1 is 1.53 bits per heavy atom. The number of urea groups is 1. The third-order valence-corrected chi connectivity index (χ3v) is 2.95. The second-order valence-corrected chi connectivity index (χ2v) is 3.94. The summed E-state index contributed by atoms with van der Waals surface area (Å²) in [6, 6.07) is -0.773. The number of carbonyl (C=O) groups excluding carboxylic acids is 1. The van der Waals surface area contributed by atoms with Gasteiger partial charge in [0.15, 0.2) is 0 Å². The highest BCUT2D eigenvalue weighted by Crippen LogP contribution is 2.23. The first-order chi connectivity index (χ1) is 7.06. The summed E-state index contributed by atoms with van der Waals surface area (Å²) in [5.74, 6) is -0.979. The largest absolute Gasteiger partial charge is 0.480 e. The topological polar surface area (TPSA) is 69.6 Å². The second kappa shape index (κ2) is 5.00. The average Bonchev–Trinajstić information content (AvgIpc) is 2.10. The molecule has 15 heavy (non-hydrogen) atoms. The van der Waals surface area contributed by atoms with Gasteiger partial charge in [0, 0.05) is 13.1 Å². The van der Waals surface area contributed by atoms with Gasteiger partial charge in [-0.25, -0.2) is 9.59 Å². The summed E-state index contributed by atoms with van der Waals surface area (Å²) in [4.78, 5) is 23.9. The molecular weight excluding hydrogens is 196 g/mol. The Kier molecular flexibility index (Phi) is 3.94. The summed E-state index contributed by atoms with van der Waals surface area (Å²) >= 11 is 0. The zero-order valence-corrected chi connectivity index (χ0v) is 9.19. The van der Waals surface area contributed by atoms with Gasteiger partial charge in [-0.2, -0.15) is 0 Å². The minimum atomic E-state index is -0.979. The first-order valence-corrected chi connectivity index (χ1v) is 5.32. The molecule has 0 bridgehead atoms. The first kappa shape index (κ1) is 11.8. The van der Waals surface area contributed by atoms with Crippen LogP contribution >= 0.6 is 0 Å². The van der Waals surface area contributed by atoms with Gasteiger partial charge >= 0.3 is 12.0 Å². The van der Waals surface area contributed by atoms with Crippen LogP contribution in [0.15, 0.2) is 0 Å². The van der Waals surface area contributed by atoms with Crippen molar-refractivity contribution in [3.05, 3.63) is 0 Å². The van der Waals surface area contributed by atoms with Crippen molar-refractivity contribution in [3.8, 4) is 0 Å². The lowest BCUT2D eigenvalue weighted by Crippen LogP contribution is -2.51. The molecule has 5 heteroatoms. The van der Waals surface area contributed by atoms with Crippen LogP contribution in [0.3, 0.4) is 0 Å². The highest BCUT2D eigenvalue weighted by molar-refractivity contribution is 5.82. The van der Waals surface area contributed by atoms with Crippen LogP contribution in [-0.2, 0) is 4.79 Å². The summed E-state index contributed by atoms with van der Waals surface area (Å²) in [5.41, 5.74) is 0. The first-order valence-electron chi connectivity index (χ1n) is 5.32. The molecule has 0 aliphatic heterocycles. The minimum Gasteiger partial charge on any atom is -0.480 e. The molecule has 0 heterocycles. The molecule has 2 amide bonds. The van der Waals surface area contributed by atoms with Gasteiger partial charge in [0.25, 0.3) is 0 Å². The van der Waals surface area contributed by atoms with Gasteiger partial charge in [-0.15, -0.1) is 0 Å². The van der Waals surface area contributed by atoms with Crippen LogP contribution in [-0.4, -0.2) is 41.1 Å². The van der Waals surface area contributed by atoms with E-state index in [9.17, 15) is 9.59 Å². The summed E-state index contributed by atoms with van der Waals surface area (Å²) in [5, 5.41) is 11.3. The summed E-state index contributed by atoms with van der Waals surface area (Å²) in [6.45, 7) is 1.74. The van der Waals surface area contributed by atoms with Gasteiger partial charge < -0.3 is 15.3 Å². The highest BCUT2D eigenvalue weighted by Gasteiger charge is 2.27. The predicted octanol–water partition coefficient (Wildman–Crippen LogP) is 1.04. The van der Waals surface area contributed by atoms with Crippen LogP contribution in [0.25, 0.3) is 0 Å². The normalized spacial score (nSPS) is 17.7. The molecular formula is C10H18N2O3. The molecule has 0 aromatic carbocycles. The molecule has 1 aliphatic rings. The van der Waals surface area contributed by atoms with Crippen LogP contribution in [0, 0.1) is 0 Å². The maximum Gasteiger partial charge on any atom is 0.326 e. The standard InChI is InChI=1S/C10H18N2O3/c1-3-8(9(13)14)11-10(15)12(2)7-5-4-6-7/h7-8H,3-6H2,1-2H3,(H,11,15)(H,13,14)/t8-/m0/s1. The van der Waals surface area contributed by atoms with Crippen LogP contribution < -0.4 is 5.32 Å². The monoisotopic (exact) mass is 214 g/mol. The molecule has 1 aliphatic carbocycles. The lowest BCUT2D eigenvalue weighted by atomic mass is 9.92. The fourth-order valence-corrected chi connectivity index (χ4v) is 1.53. The lowest BCUT2D eigenvalue weighted by Gasteiger charge is -2.35. The lowest BCUT2D eigenvalue weighted by molar-refractivity contribution is -0.139. The molecule has 0 radical (unpaired) electrons. The molecule has 0 aromatic rings. The minimum absolute atomic E-state index is 0.283.